The normalized spacial score (nSPS) is 16.0. The van der Waals surface area contributed by atoms with Crippen LogP contribution in [0, 0.1) is 12.8 Å². The van der Waals surface area contributed by atoms with Crippen molar-refractivity contribution in [2.24, 2.45) is 5.92 Å². The van der Waals surface area contributed by atoms with Crippen LogP contribution in [0.25, 0.3) is 0 Å². The number of hydrogen-bond acceptors (Lipinski definition) is 2. The minimum absolute atomic E-state index is 0.0554. The topological polar surface area (TPSA) is 32.3 Å². The number of carbonyl (C=O) groups is 1. The van der Waals surface area contributed by atoms with Gasteiger partial charge in [0, 0.05) is 28.2 Å². The first-order chi connectivity index (χ1) is 12.0. The molecule has 25 heavy (non-hydrogen) atoms. The van der Waals surface area contributed by atoms with E-state index in [9.17, 15) is 4.79 Å². The lowest BCUT2D eigenvalue weighted by Crippen LogP contribution is -2.37. The van der Waals surface area contributed by atoms with Crippen LogP contribution in [0.1, 0.15) is 24.0 Å². The van der Waals surface area contributed by atoms with Crippen molar-refractivity contribution in [3.05, 3.63) is 63.6 Å². The van der Waals surface area contributed by atoms with Gasteiger partial charge < -0.3 is 5.32 Å². The van der Waals surface area contributed by atoms with Crippen molar-refractivity contribution < 1.29 is 4.79 Å². The summed E-state index contributed by atoms with van der Waals surface area (Å²) in [5, 5.41) is 4.47. The van der Waals surface area contributed by atoms with E-state index in [1.54, 1.807) is 0 Å². The predicted octanol–water partition coefficient (Wildman–Crippen LogP) is 5.15. The molecule has 0 spiro atoms. The maximum Gasteiger partial charge on any atom is 0.227 e. The van der Waals surface area contributed by atoms with E-state index >= 15 is 0 Å². The minimum atomic E-state index is 0.0554. The van der Waals surface area contributed by atoms with Gasteiger partial charge in [0.15, 0.2) is 0 Å². The SMILES string of the molecule is Cc1c(Cl)cccc1NC(=O)C1CCN(Cc2ccc(Cl)cc2)CC1. The van der Waals surface area contributed by atoms with Gasteiger partial charge in [0.25, 0.3) is 0 Å². The average molecular weight is 377 g/mol. The molecule has 3 nitrogen and oxygen atoms in total. The van der Waals surface area contributed by atoms with E-state index in [0.717, 1.165) is 48.7 Å². The van der Waals surface area contributed by atoms with Crippen LogP contribution in [0.2, 0.25) is 10.0 Å². The van der Waals surface area contributed by atoms with Crippen molar-refractivity contribution in [1.82, 2.24) is 4.90 Å². The van der Waals surface area contributed by atoms with Crippen molar-refractivity contribution >= 4 is 34.8 Å². The highest BCUT2D eigenvalue weighted by Gasteiger charge is 2.25. The highest BCUT2D eigenvalue weighted by molar-refractivity contribution is 6.31. The molecule has 132 valence electrons. The van der Waals surface area contributed by atoms with E-state index in [4.69, 9.17) is 23.2 Å². The Labute approximate surface area is 158 Å². The number of piperidine rings is 1. The zero-order valence-electron chi connectivity index (χ0n) is 14.3. The molecular formula is C20H22Cl2N2O. The highest BCUT2D eigenvalue weighted by atomic mass is 35.5. The van der Waals surface area contributed by atoms with Crippen molar-refractivity contribution in [3.8, 4) is 0 Å². The second-order valence-corrected chi connectivity index (χ2v) is 7.42. The van der Waals surface area contributed by atoms with Crippen LogP contribution in [-0.2, 0) is 11.3 Å². The number of carbonyl (C=O) groups excluding carboxylic acids is 1. The van der Waals surface area contributed by atoms with Gasteiger partial charge in [0.2, 0.25) is 5.91 Å². The van der Waals surface area contributed by atoms with Gasteiger partial charge in [-0.1, -0.05) is 41.4 Å². The van der Waals surface area contributed by atoms with E-state index in [1.165, 1.54) is 5.56 Å². The number of amides is 1. The molecule has 1 fully saturated rings. The van der Waals surface area contributed by atoms with E-state index in [0.29, 0.717) is 5.02 Å². The van der Waals surface area contributed by atoms with E-state index < -0.39 is 0 Å². The van der Waals surface area contributed by atoms with Gasteiger partial charge in [-0.15, -0.1) is 0 Å². The summed E-state index contributed by atoms with van der Waals surface area (Å²) in [5.74, 6) is 0.149. The predicted molar refractivity (Wildman–Crippen MR) is 104 cm³/mol. The molecule has 0 saturated carbocycles. The first kappa shape index (κ1) is 18.2. The first-order valence-corrected chi connectivity index (χ1v) is 9.31. The Balaban J connectivity index is 1.52. The summed E-state index contributed by atoms with van der Waals surface area (Å²) in [6, 6.07) is 13.6. The standard InChI is InChI=1S/C20H22Cl2N2O/c1-14-18(22)3-2-4-19(14)23-20(25)16-9-11-24(12-10-16)13-15-5-7-17(21)8-6-15/h2-8,16H,9-13H2,1H3,(H,23,25). The highest BCUT2D eigenvalue weighted by Crippen LogP contribution is 2.25. The Morgan fingerprint density at radius 1 is 1.12 bits per heavy atom. The van der Waals surface area contributed by atoms with Gasteiger partial charge in [-0.05, 0) is 68.2 Å². The van der Waals surface area contributed by atoms with Crippen molar-refractivity contribution in [2.45, 2.75) is 26.3 Å². The molecule has 1 saturated heterocycles. The molecule has 1 N–H and O–H groups in total. The fourth-order valence-electron chi connectivity index (χ4n) is 3.18. The van der Waals surface area contributed by atoms with Crippen LogP contribution < -0.4 is 5.32 Å². The maximum atomic E-state index is 12.5. The Kier molecular flexibility index (Phi) is 6.00. The third-order valence-electron chi connectivity index (χ3n) is 4.80. The summed E-state index contributed by atoms with van der Waals surface area (Å²) in [7, 11) is 0. The molecule has 5 heteroatoms. The lowest BCUT2D eigenvalue weighted by molar-refractivity contribution is -0.121. The number of nitrogens with one attached hydrogen (secondary N) is 1. The third-order valence-corrected chi connectivity index (χ3v) is 5.46. The van der Waals surface area contributed by atoms with Gasteiger partial charge in [-0.3, -0.25) is 9.69 Å². The fraction of sp³-hybridized carbons (Fsp3) is 0.350. The summed E-state index contributed by atoms with van der Waals surface area (Å²) >= 11 is 12.1. The molecule has 3 rings (SSSR count). The Morgan fingerprint density at radius 2 is 1.80 bits per heavy atom. The molecule has 1 aliphatic rings. The minimum Gasteiger partial charge on any atom is -0.326 e. The molecule has 0 atom stereocenters. The fourth-order valence-corrected chi connectivity index (χ4v) is 3.48. The summed E-state index contributed by atoms with van der Waals surface area (Å²) < 4.78 is 0. The molecule has 1 aliphatic heterocycles. The summed E-state index contributed by atoms with van der Waals surface area (Å²) in [6.45, 7) is 4.68. The summed E-state index contributed by atoms with van der Waals surface area (Å²) in [5.41, 5.74) is 2.97. The molecule has 0 aromatic heterocycles. The smallest absolute Gasteiger partial charge is 0.227 e. The monoisotopic (exact) mass is 376 g/mol. The van der Waals surface area contributed by atoms with Crippen LogP contribution >= 0.6 is 23.2 Å². The van der Waals surface area contributed by atoms with Crippen LogP contribution in [0.15, 0.2) is 42.5 Å². The molecule has 0 unspecified atom stereocenters. The summed E-state index contributed by atoms with van der Waals surface area (Å²) in [4.78, 5) is 14.9. The van der Waals surface area contributed by atoms with Gasteiger partial charge in [-0.2, -0.15) is 0 Å². The third kappa shape index (κ3) is 4.75. The van der Waals surface area contributed by atoms with E-state index in [2.05, 4.69) is 22.3 Å². The molecule has 2 aromatic rings. The van der Waals surface area contributed by atoms with Crippen LogP contribution in [0.4, 0.5) is 5.69 Å². The lowest BCUT2D eigenvalue weighted by Gasteiger charge is -2.31. The van der Waals surface area contributed by atoms with E-state index in [-0.39, 0.29) is 11.8 Å². The van der Waals surface area contributed by atoms with Crippen LogP contribution in [0.3, 0.4) is 0 Å². The summed E-state index contributed by atoms with van der Waals surface area (Å²) in [6.07, 6.45) is 1.75. The van der Waals surface area contributed by atoms with Crippen LogP contribution in [0.5, 0.6) is 0 Å². The largest absolute Gasteiger partial charge is 0.326 e. The number of benzene rings is 2. The molecule has 0 radical (unpaired) electrons. The van der Waals surface area contributed by atoms with Crippen molar-refractivity contribution in [3.63, 3.8) is 0 Å². The Hall–Kier alpha value is -1.55. The first-order valence-electron chi connectivity index (χ1n) is 8.55. The molecule has 1 heterocycles. The average Bonchev–Trinajstić information content (AvgIpc) is 2.61. The maximum absolute atomic E-state index is 12.5. The van der Waals surface area contributed by atoms with Gasteiger partial charge in [0.05, 0.1) is 0 Å². The van der Waals surface area contributed by atoms with Crippen LogP contribution in [-0.4, -0.2) is 23.9 Å². The van der Waals surface area contributed by atoms with Gasteiger partial charge in [0.1, 0.15) is 0 Å². The Bertz CT molecular complexity index is 738. The number of nitrogens with zero attached hydrogens (tertiary/aromatic N) is 1. The van der Waals surface area contributed by atoms with Crippen molar-refractivity contribution in [2.75, 3.05) is 18.4 Å². The lowest BCUT2D eigenvalue weighted by atomic mass is 9.95. The molecule has 2 aromatic carbocycles. The van der Waals surface area contributed by atoms with Gasteiger partial charge in [-0.25, -0.2) is 0 Å². The van der Waals surface area contributed by atoms with Gasteiger partial charge >= 0.3 is 0 Å². The number of hydrogen-bond donors (Lipinski definition) is 1. The quantitative estimate of drug-likeness (QED) is 0.799. The number of rotatable bonds is 4. The molecule has 0 bridgehead atoms. The Morgan fingerprint density at radius 3 is 2.48 bits per heavy atom. The second-order valence-electron chi connectivity index (χ2n) is 6.58. The second kappa shape index (κ2) is 8.22. The van der Waals surface area contributed by atoms with Crippen molar-refractivity contribution in [1.29, 1.82) is 0 Å². The zero-order valence-corrected chi connectivity index (χ0v) is 15.8. The number of likely N-dealkylation sites (tertiary alicyclic amines) is 1. The number of anilines is 1. The molecular weight excluding hydrogens is 355 g/mol. The number of halogens is 2. The zero-order chi connectivity index (χ0) is 17.8. The van der Waals surface area contributed by atoms with E-state index in [1.807, 2.05) is 37.3 Å². The molecule has 1 amide bonds. The molecule has 0 aliphatic carbocycles.